The van der Waals surface area contributed by atoms with Crippen molar-refractivity contribution >= 4 is 11.8 Å². The summed E-state index contributed by atoms with van der Waals surface area (Å²) in [5.74, 6) is -7.11. The molecule has 0 heterocycles. The summed E-state index contributed by atoms with van der Waals surface area (Å²) in [6.07, 6.45) is -3.46. The number of ketones is 1. The molecule has 5 rings (SSSR count). The highest BCUT2D eigenvalue weighted by Gasteiger charge is 2.79. The fourth-order valence-corrected chi connectivity index (χ4v) is 8.37. The molecule has 0 amide bonds. The second kappa shape index (κ2) is 11.0. The number of hydrogen-bond acceptors (Lipinski definition) is 5. The molecule has 10 heteroatoms. The lowest BCUT2D eigenvalue weighted by Crippen LogP contribution is -2.65. The molecule has 0 spiro atoms. The summed E-state index contributed by atoms with van der Waals surface area (Å²) in [5.41, 5.74) is -1.16. The zero-order chi connectivity index (χ0) is 32.5. The number of carbonyl (C=O) groups excluding carboxylic acids is 2. The number of rotatable bonds is 6. The number of carbonyl (C=O) groups is 2. The van der Waals surface area contributed by atoms with Gasteiger partial charge in [0.25, 0.3) is 0 Å². The van der Waals surface area contributed by atoms with Crippen molar-refractivity contribution in [3.05, 3.63) is 58.2 Å². The van der Waals surface area contributed by atoms with Gasteiger partial charge in [0.15, 0.2) is 5.78 Å². The number of allylic oxidation sites excluding steroid dienone is 4. The SMILES string of the molecule is CC(OCC(=O)OC(C)(C)C)c1ccc([C@H]2C[C@@]3(C)C(CC[C@@]3(O)C(F)(F)C(F)(F)F)C3CCC4=CC(=O)CCC4=C32)cc1. The summed E-state index contributed by atoms with van der Waals surface area (Å²) in [5, 5.41) is 11.4. The molecule has 6 atom stereocenters. The largest absolute Gasteiger partial charge is 0.458 e. The van der Waals surface area contributed by atoms with Gasteiger partial charge in [0.2, 0.25) is 0 Å². The Morgan fingerprint density at radius 2 is 1.70 bits per heavy atom. The minimum absolute atomic E-state index is 0.0322. The van der Waals surface area contributed by atoms with Crippen LogP contribution in [-0.2, 0) is 19.1 Å². The van der Waals surface area contributed by atoms with Gasteiger partial charge in [-0.15, -0.1) is 0 Å². The molecule has 0 aromatic heterocycles. The molecule has 242 valence electrons. The van der Waals surface area contributed by atoms with Crippen molar-refractivity contribution in [3.63, 3.8) is 0 Å². The van der Waals surface area contributed by atoms with Crippen molar-refractivity contribution in [2.75, 3.05) is 6.61 Å². The molecule has 5 nitrogen and oxygen atoms in total. The molecule has 4 aliphatic carbocycles. The first-order valence-electron chi connectivity index (χ1n) is 15.4. The van der Waals surface area contributed by atoms with Crippen LogP contribution in [0, 0.1) is 17.3 Å². The fourth-order valence-electron chi connectivity index (χ4n) is 8.37. The van der Waals surface area contributed by atoms with Crippen LogP contribution in [0.5, 0.6) is 0 Å². The molecule has 0 aliphatic heterocycles. The van der Waals surface area contributed by atoms with Gasteiger partial charge in [0.05, 0.1) is 6.10 Å². The predicted octanol–water partition coefficient (Wildman–Crippen LogP) is 7.93. The number of esters is 1. The number of halogens is 5. The van der Waals surface area contributed by atoms with Gasteiger partial charge >= 0.3 is 18.1 Å². The average molecular weight is 625 g/mol. The lowest BCUT2D eigenvalue weighted by atomic mass is 9.50. The highest BCUT2D eigenvalue weighted by molar-refractivity contribution is 5.93. The van der Waals surface area contributed by atoms with E-state index in [4.69, 9.17) is 9.47 Å². The third-order valence-electron chi connectivity index (χ3n) is 10.4. The molecular formula is C34H41F5O5. The molecule has 0 radical (unpaired) electrons. The molecule has 4 aliphatic rings. The van der Waals surface area contributed by atoms with Crippen LogP contribution >= 0.6 is 0 Å². The van der Waals surface area contributed by atoms with Crippen LogP contribution in [0.15, 0.2) is 47.1 Å². The second-order valence-electron chi connectivity index (χ2n) is 14.2. The van der Waals surface area contributed by atoms with E-state index in [9.17, 15) is 27.9 Å². The van der Waals surface area contributed by atoms with Crippen LogP contribution in [0.4, 0.5) is 22.0 Å². The monoisotopic (exact) mass is 624 g/mol. The normalized spacial score (nSPS) is 31.6. The maximum Gasteiger partial charge on any atom is 0.456 e. The van der Waals surface area contributed by atoms with Gasteiger partial charge in [-0.05, 0) is 106 Å². The molecule has 0 bridgehead atoms. The van der Waals surface area contributed by atoms with Crippen molar-refractivity contribution in [3.8, 4) is 0 Å². The smallest absolute Gasteiger partial charge is 0.456 e. The highest BCUT2D eigenvalue weighted by Crippen LogP contribution is 2.70. The second-order valence-corrected chi connectivity index (χ2v) is 14.2. The van der Waals surface area contributed by atoms with E-state index >= 15 is 8.78 Å². The summed E-state index contributed by atoms with van der Waals surface area (Å²) in [6, 6.07) is 7.25. The summed E-state index contributed by atoms with van der Waals surface area (Å²) < 4.78 is 82.7. The Morgan fingerprint density at radius 1 is 1.05 bits per heavy atom. The first-order chi connectivity index (χ1) is 20.3. The molecule has 2 fully saturated rings. The standard InChI is InChI=1S/C34H41F5O5/c1-19(43-18-28(41)44-30(2,3)4)20-6-8-21(9-7-20)26-17-31(5)27(14-15-32(31,42)33(35,36)34(37,38)39)25-12-10-22-16-23(40)11-13-24(22)29(25)26/h6-9,16,19,25-27,42H,10-15,17-18H2,1-5H3/t19?,25?,26-,27?,31+,32+/m1/s1. The first kappa shape index (κ1) is 32.8. The average Bonchev–Trinajstić information content (AvgIpc) is 3.21. The van der Waals surface area contributed by atoms with Gasteiger partial charge in [-0.25, -0.2) is 4.79 Å². The minimum Gasteiger partial charge on any atom is -0.458 e. The van der Waals surface area contributed by atoms with E-state index in [2.05, 4.69) is 0 Å². The zero-order valence-corrected chi connectivity index (χ0v) is 25.8. The Balaban J connectivity index is 1.51. The minimum atomic E-state index is -5.89. The molecule has 1 aromatic carbocycles. The van der Waals surface area contributed by atoms with Gasteiger partial charge in [0.1, 0.15) is 17.8 Å². The fraction of sp³-hybridized carbons (Fsp3) is 0.647. The van der Waals surface area contributed by atoms with Crippen LogP contribution in [0.25, 0.3) is 0 Å². The Kier molecular flexibility index (Phi) is 8.23. The van der Waals surface area contributed by atoms with Gasteiger partial charge in [-0.3, -0.25) is 4.79 Å². The molecule has 3 unspecified atom stereocenters. The first-order valence-corrected chi connectivity index (χ1v) is 15.4. The topological polar surface area (TPSA) is 72.8 Å². The van der Waals surface area contributed by atoms with Crippen molar-refractivity contribution in [2.45, 2.75) is 115 Å². The van der Waals surface area contributed by atoms with Crippen molar-refractivity contribution in [1.29, 1.82) is 0 Å². The van der Waals surface area contributed by atoms with Gasteiger partial charge in [-0.1, -0.05) is 36.8 Å². The third kappa shape index (κ3) is 5.44. The van der Waals surface area contributed by atoms with E-state index in [1.54, 1.807) is 45.9 Å². The Hall–Kier alpha value is -2.59. The highest BCUT2D eigenvalue weighted by atomic mass is 19.4. The zero-order valence-electron chi connectivity index (χ0n) is 25.8. The lowest BCUT2D eigenvalue weighted by molar-refractivity contribution is -0.362. The van der Waals surface area contributed by atoms with Crippen LogP contribution in [0.3, 0.4) is 0 Å². The van der Waals surface area contributed by atoms with Gasteiger partial charge < -0.3 is 14.6 Å². The number of aliphatic hydroxyl groups is 1. The van der Waals surface area contributed by atoms with E-state index < -0.39 is 59.0 Å². The third-order valence-corrected chi connectivity index (χ3v) is 10.4. The van der Waals surface area contributed by atoms with Crippen molar-refractivity contribution in [2.24, 2.45) is 17.3 Å². The van der Waals surface area contributed by atoms with E-state index in [-0.39, 0.29) is 31.1 Å². The van der Waals surface area contributed by atoms with Crippen molar-refractivity contribution < 1.29 is 46.1 Å². The quantitative estimate of drug-likeness (QED) is 0.257. The van der Waals surface area contributed by atoms with E-state index in [1.807, 2.05) is 12.1 Å². The van der Waals surface area contributed by atoms with Crippen LogP contribution < -0.4 is 0 Å². The summed E-state index contributed by atoms with van der Waals surface area (Å²) in [4.78, 5) is 24.4. The molecular weight excluding hydrogens is 583 g/mol. The Labute approximate surface area is 254 Å². The maximum absolute atomic E-state index is 15.2. The number of ether oxygens (including phenoxy) is 2. The summed E-state index contributed by atoms with van der Waals surface area (Å²) >= 11 is 0. The molecule has 0 saturated heterocycles. The van der Waals surface area contributed by atoms with E-state index in [0.29, 0.717) is 25.7 Å². The lowest BCUT2D eigenvalue weighted by Gasteiger charge is -2.56. The Morgan fingerprint density at radius 3 is 2.32 bits per heavy atom. The summed E-state index contributed by atoms with van der Waals surface area (Å²) in [7, 11) is 0. The summed E-state index contributed by atoms with van der Waals surface area (Å²) in [6.45, 7) is 8.22. The van der Waals surface area contributed by atoms with Gasteiger partial charge in [0, 0.05) is 17.8 Å². The molecule has 44 heavy (non-hydrogen) atoms. The predicted molar refractivity (Wildman–Crippen MR) is 153 cm³/mol. The van der Waals surface area contributed by atoms with E-state index in [1.165, 1.54) is 6.92 Å². The number of hydrogen-bond donors (Lipinski definition) is 1. The molecule has 2 saturated carbocycles. The number of fused-ring (bicyclic) bond motifs is 4. The van der Waals surface area contributed by atoms with Gasteiger partial charge in [-0.2, -0.15) is 22.0 Å². The molecule has 1 N–H and O–H groups in total. The van der Waals surface area contributed by atoms with Crippen molar-refractivity contribution in [1.82, 2.24) is 0 Å². The van der Waals surface area contributed by atoms with Crippen LogP contribution in [0.2, 0.25) is 0 Å². The Bertz CT molecular complexity index is 1370. The van der Waals surface area contributed by atoms with Crippen LogP contribution in [0.1, 0.15) is 103 Å². The number of alkyl halides is 5. The molecule has 1 aromatic rings. The number of benzene rings is 1. The van der Waals surface area contributed by atoms with E-state index in [0.717, 1.165) is 27.8 Å². The van der Waals surface area contributed by atoms with Crippen LogP contribution in [-0.4, -0.2) is 46.8 Å². The maximum atomic E-state index is 15.2.